The van der Waals surface area contributed by atoms with Crippen LogP contribution >= 0.6 is 11.8 Å². The van der Waals surface area contributed by atoms with Crippen molar-refractivity contribution in [2.45, 2.75) is 50.0 Å². The molecule has 104 valence electrons. The Hall–Kier alpha value is -0.830. The van der Waals surface area contributed by atoms with Gasteiger partial charge in [0.15, 0.2) is 5.78 Å². The maximum atomic E-state index is 12.9. The number of carbonyl (C=O) groups is 1. The quantitative estimate of drug-likeness (QED) is 0.743. The maximum absolute atomic E-state index is 12.9. The van der Waals surface area contributed by atoms with Gasteiger partial charge in [-0.2, -0.15) is 0 Å². The molecule has 0 aromatic heterocycles. The Morgan fingerprint density at radius 1 is 1.32 bits per heavy atom. The molecule has 19 heavy (non-hydrogen) atoms. The number of Topliss-reactive ketones (excluding diaryl/α,β-unsaturated/α-hetero) is 1. The van der Waals surface area contributed by atoms with Crippen LogP contribution in [0.3, 0.4) is 0 Å². The van der Waals surface area contributed by atoms with Gasteiger partial charge in [-0.15, -0.1) is 11.8 Å². The van der Waals surface area contributed by atoms with Crippen molar-refractivity contribution in [3.05, 3.63) is 35.6 Å². The molecule has 1 nitrogen and oxygen atoms in total. The van der Waals surface area contributed by atoms with E-state index in [2.05, 4.69) is 6.92 Å². The van der Waals surface area contributed by atoms with Gasteiger partial charge in [0, 0.05) is 10.8 Å². The largest absolute Gasteiger partial charge is 0.293 e. The summed E-state index contributed by atoms with van der Waals surface area (Å²) in [6, 6.07) is 5.87. The van der Waals surface area contributed by atoms with Crippen molar-refractivity contribution < 1.29 is 9.18 Å². The molecular formula is C16H21FOS. The maximum Gasteiger partial charge on any atom is 0.175 e. The molecule has 0 aliphatic heterocycles. The molecule has 3 atom stereocenters. The van der Waals surface area contributed by atoms with Gasteiger partial charge >= 0.3 is 0 Å². The fraction of sp³-hybridized carbons (Fsp3) is 0.562. The lowest BCUT2D eigenvalue weighted by atomic mass is 9.91. The van der Waals surface area contributed by atoms with Crippen molar-refractivity contribution >= 4 is 17.5 Å². The number of rotatable bonds is 4. The van der Waals surface area contributed by atoms with Gasteiger partial charge in [0.2, 0.25) is 0 Å². The second-order valence-electron chi connectivity index (χ2n) is 5.54. The predicted molar refractivity (Wildman–Crippen MR) is 79.2 cm³/mol. The highest BCUT2D eigenvalue weighted by Gasteiger charge is 2.24. The Labute approximate surface area is 119 Å². The summed E-state index contributed by atoms with van der Waals surface area (Å²) in [5.74, 6) is 0.598. The van der Waals surface area contributed by atoms with Crippen molar-refractivity contribution in [2.24, 2.45) is 5.92 Å². The number of carbonyl (C=O) groups excluding carboxylic acids is 1. The van der Waals surface area contributed by atoms with Gasteiger partial charge in [-0.05, 0) is 49.9 Å². The Balaban J connectivity index is 1.93. The predicted octanol–water partition coefficient (Wildman–Crippen LogP) is 4.71. The van der Waals surface area contributed by atoms with E-state index < -0.39 is 0 Å². The van der Waals surface area contributed by atoms with Crippen LogP contribution in [0.25, 0.3) is 0 Å². The third kappa shape index (κ3) is 4.07. The fourth-order valence-corrected chi connectivity index (χ4v) is 4.28. The van der Waals surface area contributed by atoms with Crippen molar-refractivity contribution in [1.82, 2.24) is 0 Å². The highest BCUT2D eigenvalue weighted by molar-refractivity contribution is 8.01. The molecule has 1 aliphatic carbocycles. The molecule has 0 bridgehead atoms. The summed E-state index contributed by atoms with van der Waals surface area (Å²) in [6.45, 7) is 4.26. The van der Waals surface area contributed by atoms with Crippen LogP contribution in [0, 0.1) is 11.7 Å². The first-order valence-electron chi connectivity index (χ1n) is 7.01. The molecule has 0 amide bonds. The van der Waals surface area contributed by atoms with E-state index in [9.17, 15) is 9.18 Å². The van der Waals surface area contributed by atoms with Gasteiger partial charge in [-0.1, -0.05) is 19.8 Å². The minimum atomic E-state index is -0.294. The van der Waals surface area contributed by atoms with Crippen molar-refractivity contribution in [3.8, 4) is 0 Å². The zero-order valence-electron chi connectivity index (χ0n) is 11.6. The number of hydrogen-bond donors (Lipinski definition) is 0. The van der Waals surface area contributed by atoms with Crippen LogP contribution in [0.5, 0.6) is 0 Å². The summed E-state index contributed by atoms with van der Waals surface area (Å²) < 4.78 is 12.9. The molecule has 1 fully saturated rings. The molecule has 0 radical (unpaired) electrons. The minimum Gasteiger partial charge on any atom is -0.293 e. The van der Waals surface area contributed by atoms with E-state index in [1.165, 1.54) is 37.8 Å². The van der Waals surface area contributed by atoms with Gasteiger partial charge < -0.3 is 0 Å². The van der Waals surface area contributed by atoms with Crippen molar-refractivity contribution in [2.75, 3.05) is 0 Å². The summed E-state index contributed by atoms with van der Waals surface area (Å²) >= 11 is 1.79. The number of ketones is 1. The van der Waals surface area contributed by atoms with Crippen molar-refractivity contribution in [3.63, 3.8) is 0 Å². The average Bonchev–Trinajstić information content (AvgIpc) is 2.39. The molecule has 0 spiro atoms. The van der Waals surface area contributed by atoms with Gasteiger partial charge in [-0.3, -0.25) is 4.79 Å². The monoisotopic (exact) mass is 280 g/mol. The highest BCUT2D eigenvalue weighted by Crippen LogP contribution is 2.34. The van der Waals surface area contributed by atoms with E-state index in [4.69, 9.17) is 0 Å². The van der Waals surface area contributed by atoms with E-state index in [1.54, 1.807) is 23.9 Å². The van der Waals surface area contributed by atoms with Crippen LogP contribution < -0.4 is 0 Å². The van der Waals surface area contributed by atoms with E-state index in [1.807, 2.05) is 6.92 Å². The second-order valence-corrected chi connectivity index (χ2v) is 7.19. The summed E-state index contributed by atoms with van der Waals surface area (Å²) in [5, 5.41) is 0.559. The third-order valence-corrected chi connectivity index (χ3v) is 5.22. The normalized spacial score (nSPS) is 25.0. The SMILES string of the molecule is CC1CCCC(SC(C)C(=O)c2ccc(F)cc2)C1. The zero-order valence-corrected chi connectivity index (χ0v) is 12.4. The Morgan fingerprint density at radius 3 is 2.63 bits per heavy atom. The molecule has 0 N–H and O–H groups in total. The molecule has 2 rings (SSSR count). The van der Waals surface area contributed by atoms with Crippen molar-refractivity contribution in [1.29, 1.82) is 0 Å². The highest BCUT2D eigenvalue weighted by atomic mass is 32.2. The topological polar surface area (TPSA) is 17.1 Å². The molecular weight excluding hydrogens is 259 g/mol. The van der Waals surface area contributed by atoms with E-state index in [-0.39, 0.29) is 16.9 Å². The average molecular weight is 280 g/mol. The zero-order chi connectivity index (χ0) is 13.8. The summed E-state index contributed by atoms with van der Waals surface area (Å²) in [7, 11) is 0. The first-order chi connectivity index (χ1) is 9.06. The first-order valence-corrected chi connectivity index (χ1v) is 7.96. The number of hydrogen-bond acceptors (Lipinski definition) is 2. The Morgan fingerprint density at radius 2 is 2.00 bits per heavy atom. The Kier molecular flexibility index (Phi) is 5.03. The van der Waals surface area contributed by atoms with Crippen LogP contribution in [0.2, 0.25) is 0 Å². The molecule has 3 heteroatoms. The molecule has 1 saturated carbocycles. The van der Waals surface area contributed by atoms with E-state index >= 15 is 0 Å². The van der Waals surface area contributed by atoms with E-state index in [0.29, 0.717) is 10.8 Å². The lowest BCUT2D eigenvalue weighted by molar-refractivity contribution is 0.0993. The molecule has 1 aromatic rings. The first kappa shape index (κ1) is 14.6. The van der Waals surface area contributed by atoms with Gasteiger partial charge in [0.05, 0.1) is 5.25 Å². The minimum absolute atomic E-state index is 0.0410. The van der Waals surface area contributed by atoms with E-state index in [0.717, 1.165) is 5.92 Å². The Bertz CT molecular complexity index is 429. The van der Waals surface area contributed by atoms with Crippen LogP contribution in [0.4, 0.5) is 4.39 Å². The van der Waals surface area contributed by atoms with Crippen LogP contribution in [0.15, 0.2) is 24.3 Å². The molecule has 3 unspecified atom stereocenters. The summed E-state index contributed by atoms with van der Waals surface area (Å²) in [5.41, 5.74) is 0.616. The number of halogens is 1. The summed E-state index contributed by atoms with van der Waals surface area (Å²) in [4.78, 5) is 12.3. The lowest BCUT2D eigenvalue weighted by Crippen LogP contribution is -2.22. The lowest BCUT2D eigenvalue weighted by Gasteiger charge is -2.28. The molecule has 1 aromatic carbocycles. The smallest absolute Gasteiger partial charge is 0.175 e. The van der Waals surface area contributed by atoms with Crippen LogP contribution in [-0.4, -0.2) is 16.3 Å². The second kappa shape index (κ2) is 6.56. The summed E-state index contributed by atoms with van der Waals surface area (Å²) in [6.07, 6.45) is 5.02. The molecule has 0 saturated heterocycles. The number of thioether (sulfide) groups is 1. The standard InChI is InChI=1S/C16H21FOS/c1-11-4-3-5-15(10-11)19-12(2)16(18)13-6-8-14(17)9-7-13/h6-9,11-12,15H,3-5,10H2,1-2H3. The molecule has 0 heterocycles. The number of benzene rings is 1. The van der Waals surface area contributed by atoms with Crippen LogP contribution in [0.1, 0.15) is 49.9 Å². The fourth-order valence-electron chi connectivity index (χ4n) is 2.70. The third-order valence-electron chi connectivity index (χ3n) is 3.78. The molecule has 1 aliphatic rings. The van der Waals surface area contributed by atoms with Gasteiger partial charge in [0.1, 0.15) is 5.82 Å². The van der Waals surface area contributed by atoms with Gasteiger partial charge in [-0.25, -0.2) is 4.39 Å². The van der Waals surface area contributed by atoms with Gasteiger partial charge in [0.25, 0.3) is 0 Å². The van der Waals surface area contributed by atoms with Crippen LogP contribution in [-0.2, 0) is 0 Å².